The second kappa shape index (κ2) is 8.44. The SMILES string of the molecule is N#CCCN1CN(CCC#N)CN(CCC#N)C1. The molecule has 0 atom stereocenters. The summed E-state index contributed by atoms with van der Waals surface area (Å²) in [6.07, 6.45) is 1.54. The second-order valence-electron chi connectivity index (χ2n) is 4.33. The summed E-state index contributed by atoms with van der Waals surface area (Å²) in [5.74, 6) is 0. The molecule has 1 fully saturated rings. The maximum Gasteiger partial charge on any atom is 0.0635 e. The molecule has 0 aromatic carbocycles. The summed E-state index contributed by atoms with van der Waals surface area (Å²) in [7, 11) is 0. The Labute approximate surface area is 108 Å². The number of nitriles is 3. The van der Waals surface area contributed by atoms with E-state index in [1.807, 2.05) is 0 Å². The minimum atomic E-state index is 0.512. The number of rotatable bonds is 6. The van der Waals surface area contributed by atoms with Gasteiger partial charge in [-0.25, -0.2) is 0 Å². The molecule has 6 heteroatoms. The van der Waals surface area contributed by atoms with Crippen molar-refractivity contribution in [3.63, 3.8) is 0 Å². The van der Waals surface area contributed by atoms with Crippen molar-refractivity contribution in [2.45, 2.75) is 19.3 Å². The second-order valence-corrected chi connectivity index (χ2v) is 4.33. The third-order valence-corrected chi connectivity index (χ3v) is 2.82. The summed E-state index contributed by atoms with van der Waals surface area (Å²) in [6.45, 7) is 4.61. The van der Waals surface area contributed by atoms with Gasteiger partial charge in [0.25, 0.3) is 0 Å². The third-order valence-electron chi connectivity index (χ3n) is 2.82. The first-order valence-corrected chi connectivity index (χ1v) is 6.08. The number of nitrogens with zero attached hydrogens (tertiary/aromatic N) is 6. The predicted octanol–water partition coefficient (Wildman–Crippen LogP) is 0.520. The van der Waals surface area contributed by atoms with Crippen molar-refractivity contribution in [1.82, 2.24) is 14.7 Å². The summed E-state index contributed by atoms with van der Waals surface area (Å²) in [4.78, 5) is 6.55. The Morgan fingerprint density at radius 1 is 0.611 bits per heavy atom. The molecule has 0 unspecified atom stereocenters. The van der Waals surface area contributed by atoms with Gasteiger partial charge in [0.15, 0.2) is 0 Å². The molecule has 1 heterocycles. The van der Waals surface area contributed by atoms with Crippen LogP contribution < -0.4 is 0 Å². The predicted molar refractivity (Wildman–Crippen MR) is 65.4 cm³/mol. The highest BCUT2D eigenvalue weighted by Gasteiger charge is 2.22. The molecule has 0 radical (unpaired) electrons. The van der Waals surface area contributed by atoms with Crippen LogP contribution in [0.3, 0.4) is 0 Å². The summed E-state index contributed by atoms with van der Waals surface area (Å²) >= 11 is 0. The molecule has 0 bridgehead atoms. The quantitative estimate of drug-likeness (QED) is 0.679. The van der Waals surface area contributed by atoms with Crippen LogP contribution in [-0.4, -0.2) is 54.3 Å². The molecule has 1 rings (SSSR count). The van der Waals surface area contributed by atoms with E-state index < -0.39 is 0 Å². The minimum Gasteiger partial charge on any atom is -0.276 e. The van der Waals surface area contributed by atoms with Gasteiger partial charge in [0.05, 0.1) is 38.2 Å². The third kappa shape index (κ3) is 5.12. The first-order chi connectivity index (χ1) is 8.80. The van der Waals surface area contributed by atoms with Crippen LogP contribution in [0.1, 0.15) is 19.3 Å². The van der Waals surface area contributed by atoms with E-state index in [1.165, 1.54) is 0 Å². The lowest BCUT2D eigenvalue weighted by molar-refractivity contribution is -0.0261. The van der Waals surface area contributed by atoms with Crippen molar-refractivity contribution in [3.8, 4) is 18.2 Å². The highest BCUT2D eigenvalue weighted by molar-refractivity contribution is 4.79. The topological polar surface area (TPSA) is 81.1 Å². The fourth-order valence-electron chi connectivity index (χ4n) is 2.03. The lowest BCUT2D eigenvalue weighted by Gasteiger charge is -2.41. The molecule has 0 spiro atoms. The van der Waals surface area contributed by atoms with Gasteiger partial charge in [0, 0.05) is 38.9 Å². The minimum absolute atomic E-state index is 0.512. The molecule has 1 aliphatic rings. The highest BCUT2D eigenvalue weighted by atomic mass is 15.5. The average molecular weight is 246 g/mol. The van der Waals surface area contributed by atoms with Crippen molar-refractivity contribution >= 4 is 0 Å². The fraction of sp³-hybridized carbons (Fsp3) is 0.750. The zero-order chi connectivity index (χ0) is 13.2. The van der Waals surface area contributed by atoms with Crippen LogP contribution in [0.5, 0.6) is 0 Å². The van der Waals surface area contributed by atoms with Crippen molar-refractivity contribution in [1.29, 1.82) is 15.8 Å². The molecule has 0 aromatic rings. The van der Waals surface area contributed by atoms with E-state index in [2.05, 4.69) is 32.9 Å². The Kier molecular flexibility index (Phi) is 6.76. The monoisotopic (exact) mass is 246 g/mol. The van der Waals surface area contributed by atoms with Crippen molar-refractivity contribution in [3.05, 3.63) is 0 Å². The molecular weight excluding hydrogens is 228 g/mol. The molecule has 6 nitrogen and oxygen atoms in total. The van der Waals surface area contributed by atoms with Crippen LogP contribution in [0.2, 0.25) is 0 Å². The molecule has 96 valence electrons. The summed E-state index contributed by atoms with van der Waals surface area (Å²) in [5.41, 5.74) is 0. The van der Waals surface area contributed by atoms with Gasteiger partial charge in [-0.05, 0) is 0 Å². The van der Waals surface area contributed by atoms with Crippen LogP contribution in [0.4, 0.5) is 0 Å². The van der Waals surface area contributed by atoms with Crippen LogP contribution >= 0.6 is 0 Å². The first-order valence-electron chi connectivity index (χ1n) is 6.08. The van der Waals surface area contributed by atoms with Crippen LogP contribution in [0.15, 0.2) is 0 Å². The molecule has 0 aliphatic carbocycles. The molecule has 1 aliphatic heterocycles. The number of hydrogen-bond donors (Lipinski definition) is 0. The summed E-state index contributed by atoms with van der Waals surface area (Å²) in [6, 6.07) is 6.44. The van der Waals surface area contributed by atoms with E-state index in [9.17, 15) is 0 Å². The number of hydrogen-bond acceptors (Lipinski definition) is 6. The van der Waals surface area contributed by atoms with E-state index in [4.69, 9.17) is 15.8 Å². The van der Waals surface area contributed by atoms with Crippen LogP contribution in [-0.2, 0) is 0 Å². The molecule has 18 heavy (non-hydrogen) atoms. The lowest BCUT2D eigenvalue weighted by Crippen LogP contribution is -2.55. The molecule has 0 N–H and O–H groups in total. The van der Waals surface area contributed by atoms with Crippen LogP contribution in [0.25, 0.3) is 0 Å². The standard InChI is InChI=1S/C12H18N6/c13-4-1-7-16-10-17(8-2-5-14)12-18(11-16)9-3-6-15/h1-3,7-12H2. The van der Waals surface area contributed by atoms with Crippen molar-refractivity contribution in [2.75, 3.05) is 39.6 Å². The maximum absolute atomic E-state index is 8.62. The molecule has 1 saturated heterocycles. The van der Waals surface area contributed by atoms with Gasteiger partial charge in [-0.1, -0.05) is 0 Å². The van der Waals surface area contributed by atoms with E-state index >= 15 is 0 Å². The lowest BCUT2D eigenvalue weighted by atomic mass is 10.3. The molecule has 0 amide bonds. The Morgan fingerprint density at radius 3 is 1.11 bits per heavy atom. The van der Waals surface area contributed by atoms with Gasteiger partial charge in [0.1, 0.15) is 0 Å². The van der Waals surface area contributed by atoms with E-state index in [-0.39, 0.29) is 0 Å². The summed E-state index contributed by atoms with van der Waals surface area (Å²) in [5, 5.41) is 25.9. The largest absolute Gasteiger partial charge is 0.276 e. The van der Waals surface area contributed by atoms with Gasteiger partial charge < -0.3 is 0 Å². The van der Waals surface area contributed by atoms with Gasteiger partial charge >= 0.3 is 0 Å². The normalized spacial score (nSPS) is 17.8. The molecule has 0 saturated carbocycles. The van der Waals surface area contributed by atoms with Crippen molar-refractivity contribution in [2.24, 2.45) is 0 Å². The van der Waals surface area contributed by atoms with Crippen molar-refractivity contribution < 1.29 is 0 Å². The van der Waals surface area contributed by atoms with Gasteiger partial charge in [-0.15, -0.1) is 0 Å². The highest BCUT2D eigenvalue weighted by Crippen LogP contribution is 2.08. The van der Waals surface area contributed by atoms with Gasteiger partial charge in [-0.2, -0.15) is 15.8 Å². The first kappa shape index (κ1) is 14.4. The Morgan fingerprint density at radius 2 is 0.889 bits per heavy atom. The average Bonchev–Trinajstić information content (AvgIpc) is 2.40. The van der Waals surface area contributed by atoms with Crippen LogP contribution in [0, 0.1) is 34.0 Å². The van der Waals surface area contributed by atoms with E-state index in [0.29, 0.717) is 19.3 Å². The smallest absolute Gasteiger partial charge is 0.0635 e. The zero-order valence-electron chi connectivity index (χ0n) is 10.5. The Balaban J connectivity index is 2.47. The zero-order valence-corrected chi connectivity index (χ0v) is 10.5. The van der Waals surface area contributed by atoms with E-state index in [1.54, 1.807) is 0 Å². The Hall–Kier alpha value is -1.65. The summed E-state index contributed by atoms with van der Waals surface area (Å²) < 4.78 is 0. The fourth-order valence-corrected chi connectivity index (χ4v) is 2.03. The van der Waals surface area contributed by atoms with Gasteiger partial charge in [0.2, 0.25) is 0 Å². The van der Waals surface area contributed by atoms with Gasteiger partial charge in [-0.3, -0.25) is 14.7 Å². The molecular formula is C12H18N6. The maximum atomic E-state index is 8.62. The van der Waals surface area contributed by atoms with E-state index in [0.717, 1.165) is 39.6 Å². The molecule has 0 aromatic heterocycles. The Bertz CT molecular complexity index is 297.